The van der Waals surface area contributed by atoms with Crippen molar-refractivity contribution in [1.82, 2.24) is 0 Å². The predicted octanol–water partition coefficient (Wildman–Crippen LogP) is 3.37. The first-order valence-electron chi connectivity index (χ1n) is 6.52. The molecule has 0 N–H and O–H groups in total. The number of rotatable bonds is 2. The van der Waals surface area contributed by atoms with Crippen molar-refractivity contribution in [2.45, 2.75) is 58.0 Å². The Kier molecular flexibility index (Phi) is 2.08. The minimum Gasteiger partial charge on any atom is -0.388 e. The van der Waals surface area contributed by atoms with Gasteiger partial charge in [-0.25, -0.2) is 0 Å². The third-order valence-electron chi connectivity index (χ3n) is 4.67. The van der Waals surface area contributed by atoms with Gasteiger partial charge in [-0.15, -0.1) is 0 Å². The van der Waals surface area contributed by atoms with Crippen LogP contribution in [0.3, 0.4) is 0 Å². The lowest BCUT2D eigenvalue weighted by molar-refractivity contribution is 0.0380. The SMILES string of the molecule is CCCC1=NO[C@]2(C1)[C@H]1[C@H](C)CCC[C@H]12. The molecular formula is C13H21NO. The third kappa shape index (κ3) is 1.26. The second-order valence-electron chi connectivity index (χ2n) is 5.67. The Bertz CT molecular complexity index is 299. The Morgan fingerprint density at radius 1 is 1.47 bits per heavy atom. The van der Waals surface area contributed by atoms with Gasteiger partial charge in [0, 0.05) is 18.3 Å². The lowest BCUT2D eigenvalue weighted by Crippen LogP contribution is -2.15. The molecule has 0 saturated heterocycles. The molecule has 0 aromatic rings. The zero-order valence-electron chi connectivity index (χ0n) is 9.83. The molecule has 1 heterocycles. The summed E-state index contributed by atoms with van der Waals surface area (Å²) in [6, 6.07) is 0. The molecule has 15 heavy (non-hydrogen) atoms. The Labute approximate surface area is 92.1 Å². The Morgan fingerprint density at radius 3 is 3.07 bits per heavy atom. The maximum absolute atomic E-state index is 5.82. The van der Waals surface area contributed by atoms with E-state index in [1.807, 2.05) is 0 Å². The van der Waals surface area contributed by atoms with Gasteiger partial charge in [0.2, 0.25) is 0 Å². The number of hydrogen-bond acceptors (Lipinski definition) is 2. The van der Waals surface area contributed by atoms with Crippen LogP contribution in [0.15, 0.2) is 5.16 Å². The summed E-state index contributed by atoms with van der Waals surface area (Å²) >= 11 is 0. The summed E-state index contributed by atoms with van der Waals surface area (Å²) in [5.41, 5.74) is 1.50. The van der Waals surface area contributed by atoms with Crippen molar-refractivity contribution in [3.63, 3.8) is 0 Å². The molecule has 2 aliphatic carbocycles. The topological polar surface area (TPSA) is 21.6 Å². The van der Waals surface area contributed by atoms with Crippen LogP contribution in [0.2, 0.25) is 0 Å². The van der Waals surface area contributed by atoms with Gasteiger partial charge in [0.05, 0.1) is 5.71 Å². The lowest BCUT2D eigenvalue weighted by atomic mass is 9.90. The highest BCUT2D eigenvalue weighted by atomic mass is 16.7. The van der Waals surface area contributed by atoms with E-state index in [4.69, 9.17) is 4.84 Å². The van der Waals surface area contributed by atoms with Crippen molar-refractivity contribution in [3.05, 3.63) is 0 Å². The Morgan fingerprint density at radius 2 is 2.33 bits per heavy atom. The molecule has 0 unspecified atom stereocenters. The van der Waals surface area contributed by atoms with Crippen LogP contribution in [0.5, 0.6) is 0 Å². The minimum absolute atomic E-state index is 0.181. The molecule has 2 nitrogen and oxygen atoms in total. The van der Waals surface area contributed by atoms with E-state index in [9.17, 15) is 0 Å². The van der Waals surface area contributed by atoms with Crippen LogP contribution >= 0.6 is 0 Å². The molecule has 3 aliphatic rings. The Balaban J connectivity index is 1.70. The summed E-state index contributed by atoms with van der Waals surface area (Å²) in [5.74, 6) is 2.52. The van der Waals surface area contributed by atoms with Crippen LogP contribution in [0.4, 0.5) is 0 Å². The number of nitrogens with zero attached hydrogens (tertiary/aromatic N) is 1. The molecule has 0 aromatic carbocycles. The van der Waals surface area contributed by atoms with Gasteiger partial charge >= 0.3 is 0 Å². The van der Waals surface area contributed by atoms with Crippen molar-refractivity contribution in [2.24, 2.45) is 22.9 Å². The van der Waals surface area contributed by atoms with Gasteiger partial charge in [0.1, 0.15) is 5.60 Å². The summed E-state index contributed by atoms with van der Waals surface area (Å²) in [7, 11) is 0. The summed E-state index contributed by atoms with van der Waals surface area (Å²) < 4.78 is 0. The minimum atomic E-state index is 0.181. The van der Waals surface area contributed by atoms with Crippen molar-refractivity contribution < 1.29 is 4.84 Å². The molecule has 2 saturated carbocycles. The van der Waals surface area contributed by atoms with Crippen LogP contribution < -0.4 is 0 Å². The van der Waals surface area contributed by atoms with Gasteiger partial charge in [0.25, 0.3) is 0 Å². The molecule has 0 amide bonds. The van der Waals surface area contributed by atoms with Crippen molar-refractivity contribution in [3.8, 4) is 0 Å². The van der Waals surface area contributed by atoms with Gasteiger partial charge < -0.3 is 4.84 Å². The maximum atomic E-state index is 5.82. The van der Waals surface area contributed by atoms with Gasteiger partial charge in [-0.2, -0.15) is 0 Å². The normalized spacial score (nSPS) is 47.3. The fourth-order valence-corrected chi connectivity index (χ4v) is 4.00. The molecule has 84 valence electrons. The number of oxime groups is 1. The smallest absolute Gasteiger partial charge is 0.149 e. The van der Waals surface area contributed by atoms with Gasteiger partial charge in [-0.3, -0.25) is 0 Å². The molecule has 0 aromatic heterocycles. The van der Waals surface area contributed by atoms with Crippen molar-refractivity contribution >= 4 is 5.71 Å². The van der Waals surface area contributed by atoms with E-state index in [0.717, 1.165) is 30.6 Å². The van der Waals surface area contributed by atoms with E-state index in [2.05, 4.69) is 19.0 Å². The molecule has 2 heteroatoms. The molecule has 2 fully saturated rings. The second-order valence-corrected chi connectivity index (χ2v) is 5.67. The van der Waals surface area contributed by atoms with Crippen LogP contribution in [-0.4, -0.2) is 11.3 Å². The molecule has 1 aliphatic heterocycles. The summed E-state index contributed by atoms with van der Waals surface area (Å²) in [5, 5.41) is 4.32. The maximum Gasteiger partial charge on any atom is 0.149 e. The molecule has 0 radical (unpaired) electrons. The average Bonchev–Trinajstić information content (AvgIpc) is 2.65. The monoisotopic (exact) mass is 207 g/mol. The summed E-state index contributed by atoms with van der Waals surface area (Å²) in [6.45, 7) is 4.61. The molecular weight excluding hydrogens is 186 g/mol. The predicted molar refractivity (Wildman–Crippen MR) is 60.8 cm³/mol. The first-order chi connectivity index (χ1) is 7.28. The highest BCUT2D eigenvalue weighted by molar-refractivity contribution is 5.86. The first kappa shape index (κ1) is 9.68. The standard InChI is InChI=1S/C13H21NO/c1-3-5-10-8-13(15-14-10)11-7-4-6-9(2)12(11)13/h9,11-12H,3-8H2,1-2H3/t9-,11-,12+,13+/m1/s1. The van der Waals surface area contributed by atoms with Gasteiger partial charge in [-0.1, -0.05) is 38.3 Å². The molecule has 0 bridgehead atoms. The number of hydrogen-bond donors (Lipinski definition) is 0. The highest BCUT2D eigenvalue weighted by Gasteiger charge is 2.71. The average molecular weight is 207 g/mol. The van der Waals surface area contributed by atoms with E-state index >= 15 is 0 Å². The fourth-order valence-electron chi connectivity index (χ4n) is 4.00. The molecule has 4 atom stereocenters. The zero-order valence-corrected chi connectivity index (χ0v) is 9.83. The van der Waals surface area contributed by atoms with E-state index in [-0.39, 0.29) is 5.60 Å². The van der Waals surface area contributed by atoms with Crippen molar-refractivity contribution in [2.75, 3.05) is 0 Å². The summed E-state index contributed by atoms with van der Waals surface area (Å²) in [6.07, 6.45) is 7.65. The van der Waals surface area contributed by atoms with Crippen LogP contribution in [-0.2, 0) is 4.84 Å². The quantitative estimate of drug-likeness (QED) is 0.680. The summed E-state index contributed by atoms with van der Waals surface area (Å²) in [4.78, 5) is 5.82. The first-order valence-corrected chi connectivity index (χ1v) is 6.52. The zero-order chi connectivity index (χ0) is 10.5. The Hall–Kier alpha value is -0.530. The fraction of sp³-hybridized carbons (Fsp3) is 0.923. The molecule has 3 rings (SSSR count). The molecule has 1 spiro atoms. The van der Waals surface area contributed by atoms with Crippen LogP contribution in [0.1, 0.15) is 52.4 Å². The third-order valence-corrected chi connectivity index (χ3v) is 4.67. The van der Waals surface area contributed by atoms with Gasteiger partial charge in [-0.05, 0) is 18.8 Å². The van der Waals surface area contributed by atoms with Gasteiger partial charge in [0.15, 0.2) is 0 Å². The van der Waals surface area contributed by atoms with Crippen molar-refractivity contribution in [1.29, 1.82) is 0 Å². The second kappa shape index (κ2) is 3.23. The van der Waals surface area contributed by atoms with E-state index in [0.29, 0.717) is 0 Å². The lowest BCUT2D eigenvalue weighted by Gasteiger charge is -2.14. The van der Waals surface area contributed by atoms with E-state index < -0.39 is 0 Å². The van der Waals surface area contributed by atoms with Crippen LogP contribution in [0.25, 0.3) is 0 Å². The van der Waals surface area contributed by atoms with Crippen LogP contribution in [0, 0.1) is 17.8 Å². The van der Waals surface area contributed by atoms with E-state index in [1.54, 1.807) is 0 Å². The number of fused-ring (bicyclic) bond motifs is 3. The largest absolute Gasteiger partial charge is 0.388 e. The van der Waals surface area contributed by atoms with E-state index in [1.165, 1.54) is 31.4 Å². The highest BCUT2D eigenvalue weighted by Crippen LogP contribution is 2.66.